The molecule has 43 heavy (non-hydrogen) atoms. The van der Waals surface area contributed by atoms with Gasteiger partial charge < -0.3 is 20.3 Å². The van der Waals surface area contributed by atoms with Crippen molar-refractivity contribution in [1.82, 2.24) is 9.97 Å². The molecule has 0 atom stereocenters. The van der Waals surface area contributed by atoms with E-state index in [0.717, 1.165) is 39.9 Å². The van der Waals surface area contributed by atoms with Gasteiger partial charge in [-0.05, 0) is 37.1 Å². The minimum Gasteiger partial charge on any atom is -0.478 e. The number of nitrogens with one attached hydrogen (secondary N) is 1. The predicted molar refractivity (Wildman–Crippen MR) is 168 cm³/mol. The molecule has 0 saturated carbocycles. The van der Waals surface area contributed by atoms with E-state index < -0.39 is 11.9 Å². The third-order valence-electron chi connectivity index (χ3n) is 4.66. The first-order chi connectivity index (χ1) is 20.7. The molecule has 2 heterocycles. The number of thiazole rings is 2. The van der Waals surface area contributed by atoms with E-state index in [4.69, 9.17) is 20.3 Å². The van der Waals surface area contributed by atoms with Crippen molar-refractivity contribution in [3.63, 3.8) is 0 Å². The molecule has 4 rings (SSSR count). The third-order valence-corrected chi connectivity index (χ3v) is 6.36. The van der Waals surface area contributed by atoms with E-state index in [9.17, 15) is 19.2 Å². The third kappa shape index (κ3) is 13.9. The predicted octanol–water partition coefficient (Wildman–Crippen LogP) is 5.66. The molecule has 0 aliphatic carbocycles. The number of hydrogen-bond acceptors (Lipinski definition) is 11. The van der Waals surface area contributed by atoms with Crippen LogP contribution >= 0.6 is 22.7 Å². The number of rotatable bonds is 9. The van der Waals surface area contributed by atoms with Crippen molar-refractivity contribution < 1.29 is 33.8 Å². The number of carbonyl (C=O) groups is 4. The highest BCUT2D eigenvalue weighted by atomic mass is 32.1. The number of esters is 2. The summed E-state index contributed by atoms with van der Waals surface area (Å²) in [6, 6.07) is 18.8. The van der Waals surface area contributed by atoms with Crippen LogP contribution in [0.2, 0.25) is 0 Å². The van der Waals surface area contributed by atoms with Gasteiger partial charge in [0.05, 0.1) is 25.6 Å². The van der Waals surface area contributed by atoms with Gasteiger partial charge in [-0.3, -0.25) is 10.1 Å². The topological polar surface area (TPSA) is 171 Å². The van der Waals surface area contributed by atoms with Gasteiger partial charge in [-0.15, -0.1) is 0 Å². The van der Waals surface area contributed by atoms with E-state index in [0.29, 0.717) is 33.2 Å². The molecular formula is C30H30N4O7S2. The minimum atomic E-state index is -0.922. The van der Waals surface area contributed by atoms with Gasteiger partial charge in [0.15, 0.2) is 10.3 Å². The van der Waals surface area contributed by atoms with Gasteiger partial charge in [0, 0.05) is 12.2 Å². The number of anilines is 2. The van der Waals surface area contributed by atoms with Crippen LogP contribution in [0.1, 0.15) is 44.3 Å². The highest BCUT2D eigenvalue weighted by Gasteiger charge is 2.12. The zero-order valence-electron chi connectivity index (χ0n) is 23.3. The van der Waals surface area contributed by atoms with Crippen LogP contribution in [0.3, 0.4) is 0 Å². The van der Waals surface area contributed by atoms with Gasteiger partial charge in [0.25, 0.3) is 0 Å². The first-order valence-electron chi connectivity index (χ1n) is 12.7. The zero-order chi connectivity index (χ0) is 31.5. The van der Waals surface area contributed by atoms with Gasteiger partial charge in [-0.2, -0.15) is 0 Å². The molecule has 4 N–H and O–H groups in total. The summed E-state index contributed by atoms with van der Waals surface area (Å²) in [5.41, 5.74) is 7.14. The summed E-state index contributed by atoms with van der Waals surface area (Å²) in [6.45, 7) is 4.16. The first kappa shape index (κ1) is 34.1. The zero-order valence-corrected chi connectivity index (χ0v) is 25.0. The molecule has 0 bridgehead atoms. The van der Waals surface area contributed by atoms with Gasteiger partial charge in [-0.1, -0.05) is 83.3 Å². The number of nitrogen functional groups attached to an aromatic ring is 1. The van der Waals surface area contributed by atoms with Crippen molar-refractivity contribution in [2.24, 2.45) is 0 Å². The highest BCUT2D eigenvalue weighted by molar-refractivity contribution is 7.17. The Hall–Kier alpha value is -5.14. The maximum absolute atomic E-state index is 11.7. The summed E-state index contributed by atoms with van der Waals surface area (Å²) < 4.78 is 9.57. The molecular weight excluding hydrogens is 592 g/mol. The van der Waals surface area contributed by atoms with Crippen LogP contribution in [0.4, 0.5) is 10.3 Å². The Bertz CT molecular complexity index is 1520. The standard InChI is InChI=1S/C15H14N2O3S.C9H8O2.C6H8N2O2S/c1-2-20-14(19)12-10-16-15(21-12)17-13(18)9-8-11-6-4-3-5-7-11;10-9(11)7-6-8-4-2-1-3-5-8;1-2-10-5(9)4-3-8-6(7)11-4/h3-10H,2H2,1H3,(H,16,17,18);1-7H,(H,10,11);3H,2H2,1H3,(H2,7,8)/b9-8+;7-6+;. The van der Waals surface area contributed by atoms with Crippen LogP contribution < -0.4 is 11.1 Å². The maximum atomic E-state index is 11.7. The second kappa shape index (κ2) is 19.1. The van der Waals surface area contributed by atoms with Crippen molar-refractivity contribution in [2.75, 3.05) is 24.3 Å². The maximum Gasteiger partial charge on any atom is 0.350 e. The van der Waals surface area contributed by atoms with Crippen LogP contribution in [0.15, 0.2) is 85.2 Å². The summed E-state index contributed by atoms with van der Waals surface area (Å²) >= 11 is 2.21. The van der Waals surface area contributed by atoms with Gasteiger partial charge in [0.2, 0.25) is 5.91 Å². The Morgan fingerprint density at radius 3 is 1.74 bits per heavy atom. The molecule has 0 spiro atoms. The van der Waals surface area contributed by atoms with Crippen LogP contribution in [0.5, 0.6) is 0 Å². The number of carboxylic acids is 1. The summed E-state index contributed by atoms with van der Waals surface area (Å²) in [5.74, 6) is -2.02. The lowest BCUT2D eigenvalue weighted by Crippen LogP contribution is -2.07. The summed E-state index contributed by atoms with van der Waals surface area (Å²) in [6.07, 6.45) is 8.60. The van der Waals surface area contributed by atoms with Crippen molar-refractivity contribution in [2.45, 2.75) is 13.8 Å². The van der Waals surface area contributed by atoms with E-state index >= 15 is 0 Å². The normalized spacial score (nSPS) is 10.2. The van der Waals surface area contributed by atoms with Crippen LogP contribution in [-0.2, 0) is 19.1 Å². The molecule has 1 amide bonds. The Kier molecular flexibility index (Phi) is 15.1. The fourth-order valence-electron chi connectivity index (χ4n) is 2.83. The van der Waals surface area contributed by atoms with Gasteiger partial charge in [0.1, 0.15) is 9.75 Å². The number of carboxylic acid groups (broad SMARTS) is 1. The monoisotopic (exact) mass is 622 g/mol. The lowest BCUT2D eigenvalue weighted by Gasteiger charge is -1.97. The van der Waals surface area contributed by atoms with Crippen molar-refractivity contribution in [3.8, 4) is 0 Å². The van der Waals surface area contributed by atoms with Crippen molar-refractivity contribution in [1.29, 1.82) is 0 Å². The van der Waals surface area contributed by atoms with Crippen LogP contribution in [0.25, 0.3) is 12.2 Å². The average molecular weight is 623 g/mol. The van der Waals surface area contributed by atoms with E-state index in [1.54, 1.807) is 26.0 Å². The van der Waals surface area contributed by atoms with Crippen molar-refractivity contribution >= 4 is 68.9 Å². The van der Waals surface area contributed by atoms with E-state index in [1.807, 2.05) is 60.7 Å². The SMILES string of the molecule is CCOC(=O)c1cnc(N)s1.CCOC(=O)c1cnc(NC(=O)/C=C/c2ccccc2)s1.O=C(O)/C=C/c1ccccc1. The second-order valence-corrected chi connectivity index (χ2v) is 9.94. The number of benzene rings is 2. The molecule has 0 radical (unpaired) electrons. The Morgan fingerprint density at radius 2 is 1.28 bits per heavy atom. The molecule has 2 aromatic heterocycles. The fraction of sp³-hybridized carbons (Fsp3) is 0.133. The fourth-order valence-corrected chi connectivity index (χ4v) is 4.12. The summed E-state index contributed by atoms with van der Waals surface area (Å²) in [7, 11) is 0. The van der Waals surface area contributed by atoms with Crippen LogP contribution in [0, 0.1) is 0 Å². The number of aromatic nitrogens is 2. The first-order valence-corrected chi connectivity index (χ1v) is 14.4. The number of carbonyl (C=O) groups excluding carboxylic acids is 3. The van der Waals surface area contributed by atoms with E-state index in [-0.39, 0.29) is 11.9 Å². The molecule has 13 heteroatoms. The molecule has 0 aliphatic heterocycles. The quantitative estimate of drug-likeness (QED) is 0.156. The number of nitrogens with zero attached hydrogens (tertiary/aromatic N) is 2. The van der Waals surface area contributed by atoms with Gasteiger partial charge >= 0.3 is 17.9 Å². The molecule has 224 valence electrons. The number of hydrogen-bond donors (Lipinski definition) is 3. The van der Waals surface area contributed by atoms with E-state index in [1.165, 1.54) is 18.5 Å². The number of nitrogens with two attached hydrogens (primary N) is 1. The Morgan fingerprint density at radius 1 is 0.791 bits per heavy atom. The lowest BCUT2D eigenvalue weighted by atomic mass is 10.2. The van der Waals surface area contributed by atoms with Crippen LogP contribution in [-0.4, -0.2) is 52.1 Å². The van der Waals surface area contributed by atoms with Gasteiger partial charge in [-0.25, -0.2) is 24.4 Å². The average Bonchev–Trinajstić information content (AvgIpc) is 3.66. The number of amides is 1. The number of aliphatic carboxylic acids is 1. The molecule has 11 nitrogen and oxygen atoms in total. The minimum absolute atomic E-state index is 0.302. The Labute approximate surface area is 256 Å². The molecule has 4 aromatic rings. The lowest BCUT2D eigenvalue weighted by molar-refractivity contribution is -0.131. The molecule has 0 aliphatic rings. The second-order valence-electron chi connectivity index (χ2n) is 7.85. The highest BCUT2D eigenvalue weighted by Crippen LogP contribution is 2.19. The molecule has 0 unspecified atom stereocenters. The van der Waals surface area contributed by atoms with E-state index in [2.05, 4.69) is 15.3 Å². The molecule has 0 fully saturated rings. The van der Waals surface area contributed by atoms with Crippen molar-refractivity contribution in [3.05, 3.63) is 106 Å². The summed E-state index contributed by atoms with van der Waals surface area (Å²) in [5, 5.41) is 11.6. The molecule has 2 aromatic carbocycles. The Balaban J connectivity index is 0.000000247. The molecule has 0 saturated heterocycles. The number of ether oxygens (including phenoxy) is 2. The summed E-state index contributed by atoms with van der Waals surface area (Å²) in [4.78, 5) is 52.7. The largest absolute Gasteiger partial charge is 0.478 e. The smallest absolute Gasteiger partial charge is 0.350 e.